The molecule has 1 radical (unpaired) electrons. The summed E-state index contributed by atoms with van der Waals surface area (Å²) in [5.41, 5.74) is 12.0. The molecule has 0 atom stereocenters. The third-order valence-electron chi connectivity index (χ3n) is 9.20. The minimum atomic E-state index is 0. The van der Waals surface area contributed by atoms with Gasteiger partial charge in [-0.15, -0.1) is 34.9 Å². The SMILES string of the molecule is Cc1[c-]c(-c2nccc3cc(C(C)C)c4ccccc4c23)cc(C)c1.Cc1cccc(C)c1-n1c(-c2ccccc2O)nc2ccccc21.[Ir]. The number of phenols is 1. The van der Waals surface area contributed by atoms with Crippen molar-refractivity contribution in [2.45, 2.75) is 47.5 Å². The van der Waals surface area contributed by atoms with Crippen LogP contribution in [0.3, 0.4) is 0 Å². The van der Waals surface area contributed by atoms with Crippen molar-refractivity contribution in [1.29, 1.82) is 0 Å². The molecule has 251 valence electrons. The number of hydrogen-bond donors (Lipinski definition) is 1. The van der Waals surface area contributed by atoms with Crippen molar-refractivity contribution in [2.75, 3.05) is 0 Å². The zero-order chi connectivity index (χ0) is 34.2. The summed E-state index contributed by atoms with van der Waals surface area (Å²) in [6.45, 7) is 12.9. The van der Waals surface area contributed by atoms with E-state index in [2.05, 4.69) is 125 Å². The first-order valence-electron chi connectivity index (χ1n) is 16.8. The van der Waals surface area contributed by atoms with Gasteiger partial charge in [0.25, 0.3) is 0 Å². The predicted molar refractivity (Wildman–Crippen MR) is 205 cm³/mol. The van der Waals surface area contributed by atoms with Gasteiger partial charge in [0.1, 0.15) is 11.6 Å². The van der Waals surface area contributed by atoms with E-state index in [1.807, 2.05) is 42.6 Å². The van der Waals surface area contributed by atoms with Gasteiger partial charge in [-0.05, 0) is 94.0 Å². The molecule has 0 aliphatic rings. The zero-order valence-corrected chi connectivity index (χ0v) is 31.6. The minimum absolute atomic E-state index is 0. The van der Waals surface area contributed by atoms with Crippen LogP contribution in [0.5, 0.6) is 5.75 Å². The van der Waals surface area contributed by atoms with Crippen LogP contribution in [-0.4, -0.2) is 19.6 Å². The number of benzene rings is 6. The van der Waals surface area contributed by atoms with Crippen LogP contribution >= 0.6 is 0 Å². The van der Waals surface area contributed by atoms with Gasteiger partial charge in [0, 0.05) is 26.3 Å². The smallest absolute Gasteiger partial charge is 0.149 e. The van der Waals surface area contributed by atoms with Crippen LogP contribution < -0.4 is 0 Å². The second kappa shape index (κ2) is 14.4. The van der Waals surface area contributed by atoms with Crippen molar-refractivity contribution in [3.05, 3.63) is 155 Å². The molecule has 4 nitrogen and oxygen atoms in total. The number of fused-ring (bicyclic) bond motifs is 4. The van der Waals surface area contributed by atoms with Crippen LogP contribution in [0, 0.1) is 33.8 Å². The summed E-state index contributed by atoms with van der Waals surface area (Å²) in [4.78, 5) is 9.56. The molecular weight excluding hydrogens is 791 g/mol. The van der Waals surface area contributed by atoms with Crippen molar-refractivity contribution in [2.24, 2.45) is 0 Å². The Hall–Kier alpha value is -5.09. The van der Waals surface area contributed by atoms with E-state index in [4.69, 9.17) is 9.97 Å². The van der Waals surface area contributed by atoms with Gasteiger partial charge in [0.05, 0.1) is 22.3 Å². The second-order valence-corrected chi connectivity index (χ2v) is 13.2. The van der Waals surface area contributed by atoms with E-state index in [-0.39, 0.29) is 25.9 Å². The Morgan fingerprint density at radius 2 is 1.40 bits per heavy atom. The molecule has 0 amide bonds. The Balaban J connectivity index is 0.000000170. The van der Waals surface area contributed by atoms with Gasteiger partial charge in [0.15, 0.2) is 0 Å². The third-order valence-corrected chi connectivity index (χ3v) is 9.20. The Morgan fingerprint density at radius 1 is 0.720 bits per heavy atom. The van der Waals surface area contributed by atoms with E-state index in [1.165, 1.54) is 43.8 Å². The van der Waals surface area contributed by atoms with E-state index in [1.54, 1.807) is 6.07 Å². The molecule has 8 aromatic rings. The Morgan fingerprint density at radius 3 is 2.12 bits per heavy atom. The molecule has 5 heteroatoms. The average Bonchev–Trinajstić information content (AvgIpc) is 3.46. The fourth-order valence-corrected chi connectivity index (χ4v) is 7.04. The largest absolute Gasteiger partial charge is 0.507 e. The first-order valence-corrected chi connectivity index (χ1v) is 16.8. The molecule has 2 aromatic heterocycles. The molecule has 0 fully saturated rings. The third kappa shape index (κ3) is 6.47. The Bertz CT molecular complexity index is 2450. The summed E-state index contributed by atoms with van der Waals surface area (Å²) in [5.74, 6) is 1.48. The average molecular weight is 831 g/mol. The summed E-state index contributed by atoms with van der Waals surface area (Å²) in [6, 6.07) is 42.7. The van der Waals surface area contributed by atoms with Gasteiger partial charge in [-0.2, -0.15) is 0 Å². The maximum absolute atomic E-state index is 10.3. The molecule has 8 rings (SSSR count). The number of aromatic hydroxyl groups is 1. The fourth-order valence-electron chi connectivity index (χ4n) is 7.04. The molecule has 0 saturated carbocycles. The number of aromatic nitrogens is 3. The predicted octanol–water partition coefficient (Wildman–Crippen LogP) is 11.6. The molecule has 1 N–H and O–H groups in total. The number of phenolic OH excluding ortho intramolecular Hbond substituents is 1. The number of imidazole rings is 1. The molecule has 2 heterocycles. The Kier molecular flexibility index (Phi) is 10.0. The maximum atomic E-state index is 10.3. The zero-order valence-electron chi connectivity index (χ0n) is 29.2. The van der Waals surface area contributed by atoms with Crippen molar-refractivity contribution in [3.63, 3.8) is 0 Å². The topological polar surface area (TPSA) is 50.9 Å². The summed E-state index contributed by atoms with van der Waals surface area (Å²) >= 11 is 0. The molecule has 0 saturated heterocycles. The van der Waals surface area contributed by atoms with Crippen molar-refractivity contribution >= 4 is 32.6 Å². The molecule has 0 unspecified atom stereocenters. The van der Waals surface area contributed by atoms with Crippen LogP contribution in [0.4, 0.5) is 0 Å². The van der Waals surface area contributed by atoms with Crippen LogP contribution in [-0.2, 0) is 20.1 Å². The summed E-state index contributed by atoms with van der Waals surface area (Å²) < 4.78 is 2.15. The van der Waals surface area contributed by atoms with Gasteiger partial charge in [-0.3, -0.25) is 4.57 Å². The van der Waals surface area contributed by atoms with E-state index < -0.39 is 0 Å². The van der Waals surface area contributed by atoms with Crippen molar-refractivity contribution in [3.8, 4) is 34.1 Å². The first-order chi connectivity index (χ1) is 23.7. The van der Waals surface area contributed by atoms with Gasteiger partial charge in [0.2, 0.25) is 0 Å². The molecule has 0 aliphatic heterocycles. The first kappa shape index (κ1) is 34.8. The van der Waals surface area contributed by atoms with Crippen LogP contribution in [0.1, 0.15) is 47.6 Å². The number of aryl methyl sites for hydroxylation is 4. The van der Waals surface area contributed by atoms with E-state index in [0.717, 1.165) is 44.9 Å². The normalized spacial score (nSPS) is 11.1. The van der Waals surface area contributed by atoms with E-state index >= 15 is 0 Å². The molecular formula is C45H40IrN3O-. The van der Waals surface area contributed by atoms with Crippen LogP contribution in [0.25, 0.3) is 60.9 Å². The summed E-state index contributed by atoms with van der Waals surface area (Å²) in [5, 5.41) is 15.4. The van der Waals surface area contributed by atoms with Gasteiger partial charge < -0.3 is 10.1 Å². The summed E-state index contributed by atoms with van der Waals surface area (Å²) in [7, 11) is 0. The quantitative estimate of drug-likeness (QED) is 0.142. The number of rotatable bonds is 4. The fraction of sp³-hybridized carbons (Fsp3) is 0.156. The number of para-hydroxylation sites is 4. The number of pyridine rings is 1. The number of nitrogens with zero attached hydrogens (tertiary/aromatic N) is 3. The van der Waals surface area contributed by atoms with Crippen molar-refractivity contribution in [1.82, 2.24) is 14.5 Å². The standard InChI is InChI=1S/C24H22N.C21H18N2O.Ir/c1-15(2)22-14-18-9-10-25-24(19-12-16(3)11-17(4)13-19)23(18)21-8-6-5-7-20(21)22;1-14-8-7-9-15(2)20(14)23-18-12-5-4-11-17(18)22-21(23)16-10-3-6-13-19(16)24;/h5-12,14-15H,1-4H3;3-13,24H,1-2H3;/q-1;;. The van der Waals surface area contributed by atoms with Crippen molar-refractivity contribution < 1.29 is 25.2 Å². The van der Waals surface area contributed by atoms with Gasteiger partial charge in [-0.25, -0.2) is 4.98 Å². The van der Waals surface area contributed by atoms with Gasteiger partial charge in [-0.1, -0.05) is 100 Å². The second-order valence-electron chi connectivity index (χ2n) is 13.2. The molecule has 50 heavy (non-hydrogen) atoms. The Labute approximate surface area is 307 Å². The molecule has 0 spiro atoms. The van der Waals surface area contributed by atoms with Crippen LogP contribution in [0.15, 0.2) is 121 Å². The van der Waals surface area contributed by atoms with Gasteiger partial charge >= 0.3 is 0 Å². The maximum Gasteiger partial charge on any atom is 0.149 e. The molecule has 0 aliphatic carbocycles. The molecule has 0 bridgehead atoms. The summed E-state index contributed by atoms with van der Waals surface area (Å²) in [6.07, 6.45) is 1.92. The van der Waals surface area contributed by atoms with E-state index in [0.29, 0.717) is 5.92 Å². The minimum Gasteiger partial charge on any atom is -0.507 e. The van der Waals surface area contributed by atoms with Crippen LogP contribution in [0.2, 0.25) is 0 Å². The number of hydrogen-bond acceptors (Lipinski definition) is 3. The molecule has 6 aromatic carbocycles. The monoisotopic (exact) mass is 831 g/mol. The van der Waals surface area contributed by atoms with E-state index in [9.17, 15) is 5.11 Å².